The molecule has 6 nitrogen and oxygen atoms in total. The molecule has 2 aromatic carbocycles. The van der Waals surface area contributed by atoms with Crippen molar-refractivity contribution in [3.05, 3.63) is 58.9 Å². The number of rotatable bonds is 6. The zero-order valence-electron chi connectivity index (χ0n) is 14.0. The van der Waals surface area contributed by atoms with Gasteiger partial charge in [0.2, 0.25) is 0 Å². The van der Waals surface area contributed by atoms with Crippen molar-refractivity contribution in [2.75, 3.05) is 13.7 Å². The number of aromatic amines is 1. The van der Waals surface area contributed by atoms with Gasteiger partial charge in [0, 0.05) is 10.6 Å². The Labute approximate surface area is 150 Å². The molecule has 0 aliphatic rings. The standard InChI is InChI=1S/C18H19ClN4O2/c1-3-25-15-10-12(6-9-14(15)24-2)16(20)18-21-17(22-23-18)11-4-7-13(19)8-5-11/h4-10,16H,3,20H2,1-2H3,(H,21,22,23)/t16-/m1/s1. The van der Waals surface area contributed by atoms with Gasteiger partial charge >= 0.3 is 0 Å². The monoisotopic (exact) mass is 358 g/mol. The van der Waals surface area contributed by atoms with Crippen molar-refractivity contribution in [2.24, 2.45) is 5.73 Å². The van der Waals surface area contributed by atoms with Gasteiger partial charge in [0.25, 0.3) is 0 Å². The largest absolute Gasteiger partial charge is 0.493 e. The Bertz CT molecular complexity index is 849. The van der Waals surface area contributed by atoms with E-state index in [9.17, 15) is 0 Å². The second kappa shape index (κ2) is 7.55. The van der Waals surface area contributed by atoms with Crippen LogP contribution in [-0.4, -0.2) is 28.9 Å². The molecule has 1 aromatic heterocycles. The second-order valence-electron chi connectivity index (χ2n) is 5.37. The molecule has 1 heterocycles. The first-order valence-corrected chi connectivity index (χ1v) is 8.24. The number of aromatic nitrogens is 3. The van der Waals surface area contributed by atoms with Crippen molar-refractivity contribution >= 4 is 11.6 Å². The number of H-pyrrole nitrogens is 1. The number of methoxy groups -OCH3 is 1. The molecule has 0 fully saturated rings. The van der Waals surface area contributed by atoms with Gasteiger partial charge < -0.3 is 15.2 Å². The van der Waals surface area contributed by atoms with Crippen LogP contribution in [0.15, 0.2) is 42.5 Å². The average molecular weight is 359 g/mol. The molecule has 0 aliphatic carbocycles. The van der Waals surface area contributed by atoms with Crippen molar-refractivity contribution in [3.63, 3.8) is 0 Å². The Morgan fingerprint density at radius 3 is 2.60 bits per heavy atom. The van der Waals surface area contributed by atoms with E-state index in [2.05, 4.69) is 15.2 Å². The van der Waals surface area contributed by atoms with Gasteiger partial charge in [0.1, 0.15) is 5.82 Å². The van der Waals surface area contributed by atoms with Crippen LogP contribution in [0.25, 0.3) is 11.4 Å². The number of ether oxygens (including phenoxy) is 2. The Kier molecular flexibility index (Phi) is 5.21. The quantitative estimate of drug-likeness (QED) is 0.703. The summed E-state index contributed by atoms with van der Waals surface area (Å²) in [5.74, 6) is 2.45. The summed E-state index contributed by atoms with van der Waals surface area (Å²) in [6.45, 7) is 2.46. The van der Waals surface area contributed by atoms with Crippen molar-refractivity contribution < 1.29 is 9.47 Å². The van der Waals surface area contributed by atoms with Crippen molar-refractivity contribution in [1.82, 2.24) is 15.2 Å². The van der Waals surface area contributed by atoms with Gasteiger partial charge in [-0.3, -0.25) is 5.10 Å². The lowest BCUT2D eigenvalue weighted by Gasteiger charge is -2.14. The number of benzene rings is 2. The second-order valence-corrected chi connectivity index (χ2v) is 5.81. The van der Waals surface area contributed by atoms with Crippen LogP contribution >= 0.6 is 11.6 Å². The van der Waals surface area contributed by atoms with Crippen molar-refractivity contribution in [1.29, 1.82) is 0 Å². The molecule has 0 saturated heterocycles. The first-order chi connectivity index (χ1) is 12.1. The summed E-state index contributed by atoms with van der Waals surface area (Å²) in [6, 6.07) is 12.4. The number of nitrogens with zero attached hydrogens (tertiary/aromatic N) is 2. The van der Waals surface area contributed by atoms with Crippen LogP contribution in [0.4, 0.5) is 0 Å². The SMILES string of the molecule is CCOc1cc([C@@H](N)c2nc(-c3ccc(Cl)cc3)n[nH]2)ccc1OC. The van der Waals surface area contributed by atoms with Crippen LogP contribution in [0.5, 0.6) is 11.5 Å². The molecule has 0 aliphatic heterocycles. The first-order valence-electron chi connectivity index (χ1n) is 7.87. The molecule has 0 saturated carbocycles. The normalized spacial score (nSPS) is 12.0. The van der Waals surface area contributed by atoms with Crippen LogP contribution in [0.3, 0.4) is 0 Å². The molecule has 7 heteroatoms. The summed E-state index contributed by atoms with van der Waals surface area (Å²) in [7, 11) is 1.60. The predicted molar refractivity (Wildman–Crippen MR) is 97.0 cm³/mol. The van der Waals surface area contributed by atoms with Gasteiger partial charge in [-0.15, -0.1) is 0 Å². The van der Waals surface area contributed by atoms with Crippen molar-refractivity contribution in [2.45, 2.75) is 13.0 Å². The van der Waals surface area contributed by atoms with Gasteiger partial charge in [-0.25, -0.2) is 4.98 Å². The van der Waals surface area contributed by atoms with Gasteiger partial charge in [-0.05, 0) is 48.9 Å². The molecule has 0 amide bonds. The van der Waals surface area contributed by atoms with Crippen LogP contribution in [0.1, 0.15) is 24.4 Å². The van der Waals surface area contributed by atoms with Crippen LogP contribution in [-0.2, 0) is 0 Å². The molecule has 0 unspecified atom stereocenters. The number of nitrogens with two attached hydrogens (primary N) is 1. The van der Waals surface area contributed by atoms with E-state index < -0.39 is 6.04 Å². The molecule has 0 spiro atoms. The van der Waals surface area contributed by atoms with Gasteiger partial charge in [-0.2, -0.15) is 5.10 Å². The minimum absolute atomic E-state index is 0.460. The summed E-state index contributed by atoms with van der Waals surface area (Å²) in [5.41, 5.74) is 8.05. The fourth-order valence-electron chi connectivity index (χ4n) is 2.45. The highest BCUT2D eigenvalue weighted by atomic mass is 35.5. The minimum atomic E-state index is -0.460. The molecule has 130 valence electrons. The zero-order chi connectivity index (χ0) is 17.8. The molecule has 0 radical (unpaired) electrons. The fourth-order valence-corrected chi connectivity index (χ4v) is 2.58. The maximum atomic E-state index is 6.34. The lowest BCUT2D eigenvalue weighted by molar-refractivity contribution is 0.310. The van der Waals surface area contributed by atoms with E-state index in [1.165, 1.54) is 0 Å². The molecule has 3 aromatic rings. The zero-order valence-corrected chi connectivity index (χ0v) is 14.7. The molecular formula is C18H19ClN4O2. The maximum absolute atomic E-state index is 6.34. The van der Waals surface area contributed by atoms with Gasteiger partial charge in [-0.1, -0.05) is 17.7 Å². The van der Waals surface area contributed by atoms with Crippen LogP contribution in [0.2, 0.25) is 5.02 Å². The fraction of sp³-hybridized carbons (Fsp3) is 0.222. The van der Waals surface area contributed by atoms with E-state index in [-0.39, 0.29) is 0 Å². The lowest BCUT2D eigenvalue weighted by atomic mass is 10.1. The number of hydrogen-bond donors (Lipinski definition) is 2. The number of nitrogens with one attached hydrogen (secondary N) is 1. The summed E-state index contributed by atoms with van der Waals surface area (Å²) in [4.78, 5) is 4.50. The van der Waals surface area contributed by atoms with E-state index in [1.807, 2.05) is 37.3 Å². The maximum Gasteiger partial charge on any atom is 0.181 e. The van der Waals surface area contributed by atoms with E-state index in [0.29, 0.717) is 34.8 Å². The van der Waals surface area contributed by atoms with E-state index in [4.69, 9.17) is 26.8 Å². The minimum Gasteiger partial charge on any atom is -0.493 e. The molecule has 0 bridgehead atoms. The first kappa shape index (κ1) is 17.3. The topological polar surface area (TPSA) is 86.0 Å². The number of hydrogen-bond acceptors (Lipinski definition) is 5. The summed E-state index contributed by atoms with van der Waals surface area (Å²) >= 11 is 5.91. The Morgan fingerprint density at radius 1 is 1.16 bits per heavy atom. The third-order valence-electron chi connectivity index (χ3n) is 3.75. The highest BCUT2D eigenvalue weighted by Crippen LogP contribution is 2.31. The van der Waals surface area contributed by atoms with E-state index >= 15 is 0 Å². The van der Waals surface area contributed by atoms with Gasteiger partial charge in [0.15, 0.2) is 17.3 Å². The Hall–Kier alpha value is -2.57. The highest BCUT2D eigenvalue weighted by molar-refractivity contribution is 6.30. The molecule has 3 N–H and O–H groups in total. The average Bonchev–Trinajstić information content (AvgIpc) is 3.12. The molecule has 25 heavy (non-hydrogen) atoms. The van der Waals surface area contributed by atoms with Gasteiger partial charge in [0.05, 0.1) is 19.8 Å². The van der Waals surface area contributed by atoms with E-state index in [0.717, 1.165) is 11.1 Å². The smallest absolute Gasteiger partial charge is 0.181 e. The van der Waals surface area contributed by atoms with Crippen molar-refractivity contribution in [3.8, 4) is 22.9 Å². The third kappa shape index (κ3) is 3.75. The Morgan fingerprint density at radius 2 is 1.92 bits per heavy atom. The van der Waals surface area contributed by atoms with Crippen LogP contribution < -0.4 is 15.2 Å². The molecular weight excluding hydrogens is 340 g/mol. The number of halogens is 1. The summed E-state index contributed by atoms with van der Waals surface area (Å²) < 4.78 is 10.9. The van der Waals surface area contributed by atoms with Crippen LogP contribution in [0, 0.1) is 0 Å². The summed E-state index contributed by atoms with van der Waals surface area (Å²) in [6.07, 6.45) is 0. The molecule has 3 rings (SSSR count). The lowest BCUT2D eigenvalue weighted by Crippen LogP contribution is -2.14. The predicted octanol–water partition coefficient (Wildman–Crippen LogP) is 3.58. The summed E-state index contributed by atoms with van der Waals surface area (Å²) in [5, 5.41) is 7.81. The Balaban J connectivity index is 1.87. The molecule has 1 atom stereocenters. The third-order valence-corrected chi connectivity index (χ3v) is 4.00. The highest BCUT2D eigenvalue weighted by Gasteiger charge is 2.17. The van der Waals surface area contributed by atoms with E-state index in [1.54, 1.807) is 19.2 Å².